The van der Waals surface area contributed by atoms with Crippen LogP contribution in [-0.2, 0) is 27.2 Å². The number of aliphatic carboxylic acids is 1. The zero-order valence-electron chi connectivity index (χ0n) is 19.0. The lowest BCUT2D eigenvalue weighted by atomic mass is 9.94. The molecule has 0 unspecified atom stereocenters. The highest BCUT2D eigenvalue weighted by atomic mass is 16.5. The summed E-state index contributed by atoms with van der Waals surface area (Å²) in [6.45, 7) is 1.01. The van der Waals surface area contributed by atoms with Crippen LogP contribution in [0, 0.1) is 5.92 Å². The van der Waals surface area contributed by atoms with Gasteiger partial charge < -0.3 is 20.5 Å². The maximum absolute atomic E-state index is 12.6. The number of aromatic nitrogens is 1. The van der Waals surface area contributed by atoms with Gasteiger partial charge in [0.25, 0.3) is 0 Å². The quantitative estimate of drug-likeness (QED) is 0.449. The van der Waals surface area contributed by atoms with Crippen molar-refractivity contribution < 1.29 is 19.4 Å². The number of unbranched alkanes of at least 4 members (excludes halogenated alkanes) is 4. The van der Waals surface area contributed by atoms with Crippen LogP contribution in [0.25, 0.3) is 0 Å². The Kier molecular flexibility index (Phi) is 8.00. The van der Waals surface area contributed by atoms with Crippen LogP contribution in [0.4, 0.5) is 5.82 Å². The summed E-state index contributed by atoms with van der Waals surface area (Å²) in [6.07, 6.45) is 12.7. The predicted molar refractivity (Wildman–Crippen MR) is 123 cm³/mol. The number of carboxylic acids is 1. The fraction of sp³-hybridized carbons (Fsp3) is 0.720. The van der Waals surface area contributed by atoms with Crippen molar-refractivity contribution in [2.24, 2.45) is 5.92 Å². The molecule has 7 nitrogen and oxygen atoms in total. The van der Waals surface area contributed by atoms with E-state index in [1.165, 1.54) is 12.0 Å². The number of hydrogen-bond acceptors (Lipinski definition) is 5. The first kappa shape index (κ1) is 23.0. The summed E-state index contributed by atoms with van der Waals surface area (Å²) in [6, 6.07) is 3.57. The third-order valence-corrected chi connectivity index (χ3v) is 7.15. The average Bonchev–Trinajstić information content (AvgIpc) is 3.14. The van der Waals surface area contributed by atoms with Gasteiger partial charge in [0.15, 0.2) is 0 Å². The van der Waals surface area contributed by atoms with Gasteiger partial charge in [-0.1, -0.05) is 31.7 Å². The molecule has 0 aromatic carbocycles. The van der Waals surface area contributed by atoms with Crippen LogP contribution in [-0.4, -0.2) is 46.8 Å². The number of carbonyl (C=O) groups is 2. The molecule has 1 amide bonds. The molecule has 3 aliphatic heterocycles. The average molecular weight is 444 g/mol. The molecule has 3 N–H and O–H groups in total. The highest BCUT2D eigenvalue weighted by molar-refractivity contribution is 5.85. The van der Waals surface area contributed by atoms with Crippen molar-refractivity contribution in [1.82, 2.24) is 10.3 Å². The molecule has 1 aromatic heterocycles. The Bertz CT molecular complexity index is 787. The summed E-state index contributed by atoms with van der Waals surface area (Å²) >= 11 is 0. The van der Waals surface area contributed by atoms with Gasteiger partial charge in [-0.05, 0) is 69.4 Å². The van der Waals surface area contributed by atoms with Crippen molar-refractivity contribution >= 4 is 17.7 Å². The van der Waals surface area contributed by atoms with Gasteiger partial charge >= 0.3 is 5.97 Å². The van der Waals surface area contributed by atoms with Gasteiger partial charge in [-0.2, -0.15) is 0 Å². The first-order valence-electron chi connectivity index (χ1n) is 12.5. The molecule has 4 heterocycles. The van der Waals surface area contributed by atoms with Crippen LogP contribution in [0.5, 0.6) is 0 Å². The smallest absolute Gasteiger partial charge is 0.326 e. The Labute approximate surface area is 190 Å². The van der Waals surface area contributed by atoms with Crippen LogP contribution in [0.1, 0.15) is 81.9 Å². The van der Waals surface area contributed by atoms with E-state index in [0.29, 0.717) is 6.42 Å². The molecule has 176 valence electrons. The SMILES string of the molecule is O=C(N[C@@H](CCCCCCCc1ccc2c(n1)NCCC2)C(=O)O)[C@H]1C[C@H]2CC[C@@H](C1)O2. The lowest BCUT2D eigenvalue weighted by molar-refractivity contribution is -0.143. The molecule has 0 spiro atoms. The molecule has 7 heteroatoms. The first-order chi connectivity index (χ1) is 15.6. The third-order valence-electron chi connectivity index (χ3n) is 7.15. The van der Waals surface area contributed by atoms with E-state index in [4.69, 9.17) is 9.72 Å². The van der Waals surface area contributed by atoms with Gasteiger partial charge in [0.2, 0.25) is 5.91 Å². The summed E-state index contributed by atoms with van der Waals surface area (Å²) in [5.41, 5.74) is 2.47. The minimum absolute atomic E-state index is 0.101. The molecule has 0 radical (unpaired) electrons. The molecular weight excluding hydrogens is 406 g/mol. The molecule has 2 saturated heterocycles. The summed E-state index contributed by atoms with van der Waals surface area (Å²) in [5.74, 6) is -0.0791. The van der Waals surface area contributed by atoms with Crippen molar-refractivity contribution in [2.75, 3.05) is 11.9 Å². The summed E-state index contributed by atoms with van der Waals surface area (Å²) in [4.78, 5) is 29.0. The number of hydrogen-bond donors (Lipinski definition) is 3. The molecule has 2 fully saturated rings. The maximum Gasteiger partial charge on any atom is 0.326 e. The number of aryl methyl sites for hydroxylation is 2. The normalized spacial score (nSPS) is 24.9. The van der Waals surface area contributed by atoms with Gasteiger partial charge in [0.05, 0.1) is 12.2 Å². The van der Waals surface area contributed by atoms with E-state index < -0.39 is 12.0 Å². The first-order valence-corrected chi connectivity index (χ1v) is 12.5. The number of nitrogens with one attached hydrogen (secondary N) is 2. The Balaban J connectivity index is 1.10. The van der Waals surface area contributed by atoms with E-state index in [-0.39, 0.29) is 24.0 Å². The van der Waals surface area contributed by atoms with Crippen LogP contribution >= 0.6 is 0 Å². The van der Waals surface area contributed by atoms with E-state index in [2.05, 4.69) is 22.8 Å². The molecule has 32 heavy (non-hydrogen) atoms. The molecule has 2 bridgehead atoms. The minimum atomic E-state index is -0.930. The fourth-order valence-electron chi connectivity index (χ4n) is 5.31. The minimum Gasteiger partial charge on any atom is -0.480 e. The molecule has 0 aliphatic carbocycles. The summed E-state index contributed by atoms with van der Waals surface area (Å²) in [7, 11) is 0. The number of amides is 1. The van der Waals surface area contributed by atoms with Crippen molar-refractivity contribution in [3.63, 3.8) is 0 Å². The monoisotopic (exact) mass is 443 g/mol. The van der Waals surface area contributed by atoms with Crippen molar-refractivity contribution in [1.29, 1.82) is 0 Å². The lowest BCUT2D eigenvalue weighted by Gasteiger charge is -2.28. The topological polar surface area (TPSA) is 101 Å². The van der Waals surface area contributed by atoms with Crippen LogP contribution in [0.2, 0.25) is 0 Å². The van der Waals surface area contributed by atoms with Crippen LogP contribution in [0.15, 0.2) is 12.1 Å². The zero-order valence-corrected chi connectivity index (χ0v) is 19.0. The number of pyridine rings is 1. The number of rotatable bonds is 11. The van der Waals surface area contributed by atoms with E-state index in [9.17, 15) is 14.7 Å². The Morgan fingerprint density at radius 3 is 2.66 bits per heavy atom. The molecule has 4 atom stereocenters. The maximum atomic E-state index is 12.6. The predicted octanol–water partition coefficient (Wildman–Crippen LogP) is 3.85. The Hall–Kier alpha value is -2.15. The fourth-order valence-corrected chi connectivity index (χ4v) is 5.31. The number of anilines is 1. The van der Waals surface area contributed by atoms with E-state index in [1.54, 1.807) is 0 Å². The molecule has 1 aromatic rings. The third kappa shape index (κ3) is 6.21. The second kappa shape index (κ2) is 11.1. The summed E-state index contributed by atoms with van der Waals surface area (Å²) in [5, 5.41) is 15.7. The zero-order chi connectivity index (χ0) is 22.3. The van der Waals surface area contributed by atoms with Crippen LogP contribution < -0.4 is 10.6 Å². The second-order valence-electron chi connectivity index (χ2n) is 9.67. The number of carboxylic acid groups (broad SMARTS) is 1. The number of nitrogens with zero attached hydrogens (tertiary/aromatic N) is 1. The van der Waals surface area contributed by atoms with Gasteiger partial charge in [0, 0.05) is 18.2 Å². The van der Waals surface area contributed by atoms with Crippen molar-refractivity contribution in [3.8, 4) is 0 Å². The highest BCUT2D eigenvalue weighted by Crippen LogP contribution is 2.36. The molecular formula is C25H37N3O4. The number of carbonyl (C=O) groups excluding carboxylic acids is 1. The number of fused-ring (bicyclic) bond motifs is 3. The molecule has 4 rings (SSSR count). The van der Waals surface area contributed by atoms with Gasteiger partial charge in [-0.25, -0.2) is 9.78 Å². The van der Waals surface area contributed by atoms with E-state index in [0.717, 1.165) is 88.7 Å². The van der Waals surface area contributed by atoms with Crippen molar-refractivity contribution in [2.45, 2.75) is 102 Å². The van der Waals surface area contributed by atoms with Gasteiger partial charge in [0.1, 0.15) is 11.9 Å². The lowest BCUT2D eigenvalue weighted by Crippen LogP contribution is -2.45. The Morgan fingerprint density at radius 1 is 1.12 bits per heavy atom. The largest absolute Gasteiger partial charge is 0.480 e. The second-order valence-corrected chi connectivity index (χ2v) is 9.67. The van der Waals surface area contributed by atoms with E-state index >= 15 is 0 Å². The van der Waals surface area contributed by atoms with Crippen molar-refractivity contribution in [3.05, 3.63) is 23.4 Å². The van der Waals surface area contributed by atoms with Crippen LogP contribution in [0.3, 0.4) is 0 Å². The number of ether oxygens (including phenoxy) is 1. The highest BCUT2D eigenvalue weighted by Gasteiger charge is 2.38. The molecule has 0 saturated carbocycles. The molecule has 3 aliphatic rings. The summed E-state index contributed by atoms with van der Waals surface area (Å²) < 4.78 is 5.79. The van der Waals surface area contributed by atoms with Gasteiger partial charge in [-0.15, -0.1) is 0 Å². The standard InChI is InChI=1S/C25H37N3O4/c29-24(18-15-20-12-13-21(16-18)32-20)28-22(25(30)31)9-5-3-1-2-4-8-19-11-10-17-7-6-14-26-23(17)27-19/h10-11,18,20-22H,1-9,12-16H2,(H,26,27)(H,28,29)(H,30,31)/t18-,20+,21-,22-/m0/s1. The van der Waals surface area contributed by atoms with E-state index in [1.807, 2.05) is 0 Å². The van der Waals surface area contributed by atoms with Gasteiger partial charge in [-0.3, -0.25) is 4.79 Å². The Morgan fingerprint density at radius 2 is 1.88 bits per heavy atom.